The predicted octanol–water partition coefficient (Wildman–Crippen LogP) is 4.54. The first-order chi connectivity index (χ1) is 16.4. The van der Waals surface area contributed by atoms with E-state index in [9.17, 15) is 14.7 Å². The molecule has 1 unspecified atom stereocenters. The van der Waals surface area contributed by atoms with Crippen molar-refractivity contribution in [1.82, 2.24) is 4.90 Å². The summed E-state index contributed by atoms with van der Waals surface area (Å²) in [6.45, 7) is 4.65. The van der Waals surface area contributed by atoms with Gasteiger partial charge in [0.25, 0.3) is 11.7 Å². The number of methoxy groups -OCH3 is 1. The van der Waals surface area contributed by atoms with Crippen LogP contribution in [0.25, 0.3) is 5.76 Å². The van der Waals surface area contributed by atoms with Crippen molar-refractivity contribution in [3.8, 4) is 5.75 Å². The molecule has 0 spiro atoms. The Labute approximate surface area is 198 Å². The molecule has 0 aliphatic carbocycles. The molecule has 1 amide bonds. The minimum atomic E-state index is -0.832. The molecule has 34 heavy (non-hydrogen) atoms. The Balaban J connectivity index is 1.62. The van der Waals surface area contributed by atoms with Crippen LogP contribution in [0.1, 0.15) is 34.3 Å². The molecule has 1 aliphatic rings. The van der Waals surface area contributed by atoms with Crippen molar-refractivity contribution in [2.24, 2.45) is 0 Å². The fourth-order valence-corrected chi connectivity index (χ4v) is 4.03. The molecule has 176 valence electrons. The summed E-state index contributed by atoms with van der Waals surface area (Å²) in [5.74, 6) is -0.0440. The molecule has 7 nitrogen and oxygen atoms in total. The fourth-order valence-electron chi connectivity index (χ4n) is 4.03. The molecule has 1 atom stereocenters. The maximum Gasteiger partial charge on any atom is 0.295 e. The van der Waals surface area contributed by atoms with E-state index in [1.807, 2.05) is 25.1 Å². The highest BCUT2D eigenvalue weighted by molar-refractivity contribution is 6.46. The largest absolute Gasteiger partial charge is 0.507 e. The second-order valence-electron chi connectivity index (χ2n) is 8.24. The van der Waals surface area contributed by atoms with Gasteiger partial charge in [-0.25, -0.2) is 0 Å². The summed E-state index contributed by atoms with van der Waals surface area (Å²) in [6, 6.07) is 17.4. The van der Waals surface area contributed by atoms with Gasteiger partial charge in [-0.1, -0.05) is 29.8 Å². The van der Waals surface area contributed by atoms with Crippen molar-refractivity contribution in [1.29, 1.82) is 0 Å². The lowest BCUT2D eigenvalue weighted by Gasteiger charge is -2.22. The second-order valence-corrected chi connectivity index (χ2v) is 8.24. The monoisotopic (exact) mass is 461 g/mol. The van der Waals surface area contributed by atoms with Crippen molar-refractivity contribution >= 4 is 17.4 Å². The molecule has 3 aromatic rings. The molecule has 2 aromatic carbocycles. The number of Topliss-reactive ketones (excluding diaryl/α,β-unsaturated/α-hetero) is 1. The second kappa shape index (κ2) is 9.97. The Hall–Kier alpha value is -3.84. The molecule has 0 radical (unpaired) electrons. The van der Waals surface area contributed by atoms with Gasteiger partial charge in [-0.15, -0.1) is 0 Å². The van der Waals surface area contributed by atoms with Crippen LogP contribution in [0.15, 0.2) is 70.7 Å². The van der Waals surface area contributed by atoms with E-state index in [0.29, 0.717) is 29.4 Å². The van der Waals surface area contributed by atoms with E-state index in [4.69, 9.17) is 13.9 Å². The summed E-state index contributed by atoms with van der Waals surface area (Å²) in [5.41, 5.74) is 2.60. The first-order valence-electron chi connectivity index (χ1n) is 11.0. The van der Waals surface area contributed by atoms with Crippen LogP contribution in [0.5, 0.6) is 5.75 Å². The van der Waals surface area contributed by atoms with Gasteiger partial charge in [0.15, 0.2) is 0 Å². The first-order valence-corrected chi connectivity index (χ1v) is 11.0. The van der Waals surface area contributed by atoms with Gasteiger partial charge in [-0.2, -0.15) is 0 Å². The number of nitrogens with zero attached hydrogens (tertiary/aromatic N) is 1. The Morgan fingerprint density at radius 1 is 1.06 bits per heavy atom. The third kappa shape index (κ3) is 4.75. The number of aliphatic hydroxyl groups is 1. The van der Waals surface area contributed by atoms with Crippen LogP contribution < -0.4 is 4.74 Å². The molecule has 1 fully saturated rings. The van der Waals surface area contributed by atoms with E-state index < -0.39 is 17.7 Å². The number of aryl methyl sites for hydroxylation is 2. The van der Waals surface area contributed by atoms with Crippen LogP contribution in [0, 0.1) is 13.8 Å². The number of amides is 1. The molecule has 4 rings (SSSR count). The minimum absolute atomic E-state index is 0.0103. The third-order valence-electron chi connectivity index (χ3n) is 5.72. The number of carbonyl (C=O) groups is 2. The van der Waals surface area contributed by atoms with E-state index in [2.05, 4.69) is 6.07 Å². The van der Waals surface area contributed by atoms with Gasteiger partial charge in [0, 0.05) is 19.2 Å². The molecule has 2 heterocycles. The molecule has 0 saturated carbocycles. The van der Waals surface area contributed by atoms with E-state index in [-0.39, 0.29) is 24.5 Å². The number of benzene rings is 2. The molecular weight excluding hydrogens is 434 g/mol. The highest BCUT2D eigenvalue weighted by Crippen LogP contribution is 2.40. The maximum atomic E-state index is 12.9. The molecular formula is C27H27NO6. The zero-order valence-electron chi connectivity index (χ0n) is 19.4. The normalized spacial score (nSPS) is 17.4. The van der Waals surface area contributed by atoms with Gasteiger partial charge in [-0.3, -0.25) is 9.59 Å². The van der Waals surface area contributed by atoms with E-state index >= 15 is 0 Å². The summed E-state index contributed by atoms with van der Waals surface area (Å²) in [4.78, 5) is 27.1. The number of hydrogen-bond donors (Lipinski definition) is 1. The molecule has 7 heteroatoms. The molecule has 1 aromatic heterocycles. The van der Waals surface area contributed by atoms with Gasteiger partial charge in [0.2, 0.25) is 0 Å². The predicted molar refractivity (Wildman–Crippen MR) is 126 cm³/mol. The number of carbonyl (C=O) groups excluding carboxylic acids is 2. The average Bonchev–Trinajstić information content (AvgIpc) is 3.37. The summed E-state index contributed by atoms with van der Waals surface area (Å²) in [5, 5.41) is 11.1. The highest BCUT2D eigenvalue weighted by Gasteiger charge is 2.47. The number of likely N-dealkylation sites (tertiary alicyclic amines) is 1. The lowest BCUT2D eigenvalue weighted by molar-refractivity contribution is -0.140. The zero-order chi connectivity index (χ0) is 24.2. The van der Waals surface area contributed by atoms with Crippen LogP contribution in [-0.2, 0) is 20.9 Å². The van der Waals surface area contributed by atoms with Crippen molar-refractivity contribution in [2.45, 2.75) is 26.5 Å². The Morgan fingerprint density at radius 2 is 1.82 bits per heavy atom. The lowest BCUT2D eigenvalue weighted by atomic mass is 9.99. The molecule has 1 aliphatic heterocycles. The van der Waals surface area contributed by atoms with Crippen molar-refractivity contribution < 1.29 is 28.6 Å². The summed E-state index contributed by atoms with van der Waals surface area (Å²) < 4.78 is 16.7. The summed E-state index contributed by atoms with van der Waals surface area (Å²) >= 11 is 0. The van der Waals surface area contributed by atoms with Crippen molar-refractivity contribution in [3.63, 3.8) is 0 Å². The van der Waals surface area contributed by atoms with Crippen LogP contribution >= 0.6 is 0 Å². The molecule has 1 N–H and O–H groups in total. The number of aliphatic hydroxyl groups excluding tert-OH is 1. The number of hydrogen-bond acceptors (Lipinski definition) is 6. The van der Waals surface area contributed by atoms with Gasteiger partial charge in [0.05, 0.1) is 12.2 Å². The number of ketones is 1. The van der Waals surface area contributed by atoms with Gasteiger partial charge in [-0.05, 0) is 55.8 Å². The third-order valence-corrected chi connectivity index (χ3v) is 5.72. The lowest BCUT2D eigenvalue weighted by Crippen LogP contribution is -2.32. The van der Waals surface area contributed by atoms with Crippen LogP contribution in [0.4, 0.5) is 0 Å². The van der Waals surface area contributed by atoms with E-state index in [1.165, 1.54) is 12.0 Å². The smallest absolute Gasteiger partial charge is 0.295 e. The maximum absolute atomic E-state index is 12.9. The van der Waals surface area contributed by atoms with Crippen LogP contribution in [0.2, 0.25) is 0 Å². The summed E-state index contributed by atoms with van der Waals surface area (Å²) in [7, 11) is 1.52. The molecule has 1 saturated heterocycles. The van der Waals surface area contributed by atoms with Crippen molar-refractivity contribution in [3.05, 3.63) is 94.4 Å². The van der Waals surface area contributed by atoms with Crippen LogP contribution in [0.3, 0.4) is 0 Å². The van der Waals surface area contributed by atoms with E-state index in [0.717, 1.165) is 11.1 Å². The first kappa shape index (κ1) is 23.3. The average molecular weight is 462 g/mol. The number of rotatable bonds is 8. The van der Waals surface area contributed by atoms with Crippen LogP contribution in [-0.4, -0.2) is 42.0 Å². The number of ether oxygens (including phenoxy) is 2. The summed E-state index contributed by atoms with van der Waals surface area (Å²) in [6.07, 6.45) is 0. The Kier molecular flexibility index (Phi) is 6.84. The zero-order valence-corrected chi connectivity index (χ0v) is 19.4. The quantitative estimate of drug-likeness (QED) is 0.301. The van der Waals surface area contributed by atoms with Crippen molar-refractivity contribution in [2.75, 3.05) is 20.3 Å². The van der Waals surface area contributed by atoms with E-state index in [1.54, 1.807) is 43.3 Å². The van der Waals surface area contributed by atoms with Gasteiger partial charge in [0.1, 0.15) is 35.7 Å². The number of furan rings is 1. The topological polar surface area (TPSA) is 89.2 Å². The Bertz CT molecular complexity index is 1220. The fraction of sp³-hybridized carbons (Fsp3) is 0.259. The Morgan fingerprint density at radius 3 is 2.47 bits per heavy atom. The minimum Gasteiger partial charge on any atom is -0.507 e. The highest BCUT2D eigenvalue weighted by atomic mass is 16.5. The van der Waals surface area contributed by atoms with Gasteiger partial charge >= 0.3 is 0 Å². The standard InChI is InChI=1S/C27H27NO6/c1-17-5-4-6-19(15-17)16-33-21-10-8-20(9-11-21)25(29)23-24(22-12-7-18(2)34-22)28(13-14-32-3)27(31)26(23)30/h4-12,15,24,29H,13-14,16H2,1-3H3/b25-23+. The van der Waals surface area contributed by atoms with Gasteiger partial charge < -0.3 is 23.9 Å². The molecule has 0 bridgehead atoms. The SMILES string of the molecule is COCCN1C(=O)C(=O)/C(=C(/O)c2ccc(OCc3cccc(C)c3)cc2)C1c1ccc(C)o1.